The van der Waals surface area contributed by atoms with E-state index in [1.807, 2.05) is 12.1 Å². The molecule has 0 saturated carbocycles. The molecule has 0 unspecified atom stereocenters. The van der Waals surface area contributed by atoms with Gasteiger partial charge in [0, 0.05) is 5.56 Å². The largest absolute Gasteiger partial charge is 0.433 e. The molecule has 0 fully saturated rings. The number of unbranched alkanes of at least 4 members (excludes halogenated alkanes) is 1. The zero-order chi connectivity index (χ0) is 16.7. The van der Waals surface area contributed by atoms with Gasteiger partial charge in [0.25, 0.3) is 5.91 Å². The fourth-order valence-electron chi connectivity index (χ4n) is 1.93. The minimum absolute atomic E-state index is 0.187. The van der Waals surface area contributed by atoms with Gasteiger partial charge in [0.05, 0.1) is 12.3 Å². The van der Waals surface area contributed by atoms with Crippen molar-refractivity contribution in [1.29, 1.82) is 0 Å². The van der Waals surface area contributed by atoms with E-state index >= 15 is 0 Å². The SMILES string of the molecule is CCCCc1ccc(C(=O)N/N=C/c2ccc([N+](=O)[O-])o2)cc1. The summed E-state index contributed by atoms with van der Waals surface area (Å²) >= 11 is 0. The summed E-state index contributed by atoms with van der Waals surface area (Å²) < 4.78 is 4.89. The second-order valence-electron chi connectivity index (χ2n) is 4.93. The van der Waals surface area contributed by atoms with E-state index in [0.717, 1.165) is 19.3 Å². The molecular formula is C16H17N3O4. The molecule has 7 heteroatoms. The van der Waals surface area contributed by atoms with Crippen molar-refractivity contribution in [2.24, 2.45) is 5.10 Å². The number of hydrazone groups is 1. The van der Waals surface area contributed by atoms with Crippen LogP contribution in [0.1, 0.15) is 41.4 Å². The van der Waals surface area contributed by atoms with Crippen molar-refractivity contribution in [3.8, 4) is 0 Å². The van der Waals surface area contributed by atoms with Gasteiger partial charge in [-0.3, -0.25) is 14.9 Å². The van der Waals surface area contributed by atoms with Crippen LogP contribution in [0.15, 0.2) is 45.9 Å². The Morgan fingerprint density at radius 3 is 2.65 bits per heavy atom. The molecule has 23 heavy (non-hydrogen) atoms. The first-order valence-electron chi connectivity index (χ1n) is 7.26. The molecule has 1 aromatic heterocycles. The molecular weight excluding hydrogens is 298 g/mol. The van der Waals surface area contributed by atoms with Gasteiger partial charge in [-0.25, -0.2) is 5.43 Å². The highest BCUT2D eigenvalue weighted by Crippen LogP contribution is 2.13. The Bertz CT molecular complexity index is 704. The number of nitrogens with one attached hydrogen (secondary N) is 1. The second-order valence-corrected chi connectivity index (χ2v) is 4.93. The molecule has 2 rings (SSSR count). The minimum atomic E-state index is -0.643. The molecule has 0 aliphatic carbocycles. The monoisotopic (exact) mass is 315 g/mol. The van der Waals surface area contributed by atoms with Crippen molar-refractivity contribution in [2.45, 2.75) is 26.2 Å². The summed E-state index contributed by atoms with van der Waals surface area (Å²) in [6.45, 7) is 2.13. The average molecular weight is 315 g/mol. The summed E-state index contributed by atoms with van der Waals surface area (Å²) in [4.78, 5) is 21.7. The summed E-state index contributed by atoms with van der Waals surface area (Å²) in [5.41, 5.74) is 4.03. The van der Waals surface area contributed by atoms with Crippen molar-refractivity contribution in [2.75, 3.05) is 0 Å². The maximum atomic E-state index is 11.9. The van der Waals surface area contributed by atoms with Crippen LogP contribution in [0.2, 0.25) is 0 Å². The third-order valence-electron chi connectivity index (χ3n) is 3.19. The molecule has 2 aromatic rings. The average Bonchev–Trinajstić information content (AvgIpc) is 3.02. The number of carbonyl (C=O) groups is 1. The van der Waals surface area contributed by atoms with E-state index in [9.17, 15) is 14.9 Å². The first-order chi connectivity index (χ1) is 11.1. The molecule has 120 valence electrons. The molecule has 0 atom stereocenters. The predicted molar refractivity (Wildman–Crippen MR) is 85.5 cm³/mol. The Balaban J connectivity index is 1.90. The van der Waals surface area contributed by atoms with Gasteiger partial charge in [-0.2, -0.15) is 5.10 Å². The standard InChI is InChI=1S/C16H17N3O4/c1-2-3-4-12-5-7-13(8-6-12)16(20)18-17-11-14-9-10-15(23-14)19(21)22/h5-11H,2-4H2,1H3,(H,18,20)/b17-11+. The molecule has 0 aliphatic rings. The Kier molecular flexibility index (Phi) is 5.62. The minimum Gasteiger partial charge on any atom is -0.400 e. The van der Waals surface area contributed by atoms with Gasteiger partial charge in [0.1, 0.15) is 4.92 Å². The molecule has 7 nitrogen and oxygen atoms in total. The van der Waals surface area contributed by atoms with Crippen molar-refractivity contribution in [3.05, 3.63) is 63.4 Å². The number of hydrogen-bond donors (Lipinski definition) is 1. The molecule has 1 aromatic carbocycles. The van der Waals surface area contributed by atoms with Gasteiger partial charge in [-0.15, -0.1) is 0 Å². The van der Waals surface area contributed by atoms with E-state index < -0.39 is 4.92 Å². The van der Waals surface area contributed by atoms with Crippen LogP contribution in [0.4, 0.5) is 5.88 Å². The molecule has 0 saturated heterocycles. The smallest absolute Gasteiger partial charge is 0.400 e. The predicted octanol–water partition coefficient (Wildman–Crippen LogP) is 3.29. The molecule has 0 aliphatic heterocycles. The zero-order valence-corrected chi connectivity index (χ0v) is 12.7. The Morgan fingerprint density at radius 2 is 2.04 bits per heavy atom. The summed E-state index contributed by atoms with van der Waals surface area (Å²) in [7, 11) is 0. The van der Waals surface area contributed by atoms with E-state index in [0.29, 0.717) is 5.56 Å². The zero-order valence-electron chi connectivity index (χ0n) is 12.7. The number of carbonyl (C=O) groups excluding carboxylic acids is 1. The number of rotatable bonds is 7. The van der Waals surface area contributed by atoms with Crippen LogP contribution in [0, 0.1) is 10.1 Å². The topological polar surface area (TPSA) is 97.7 Å². The van der Waals surface area contributed by atoms with Crippen LogP contribution in [-0.2, 0) is 6.42 Å². The lowest BCUT2D eigenvalue weighted by atomic mass is 10.1. The van der Waals surface area contributed by atoms with Gasteiger partial charge in [0.15, 0.2) is 5.76 Å². The number of hydrogen-bond acceptors (Lipinski definition) is 5. The highest BCUT2D eigenvalue weighted by molar-refractivity contribution is 5.94. The van der Waals surface area contributed by atoms with Gasteiger partial charge in [-0.05, 0) is 36.6 Å². The number of aryl methyl sites for hydroxylation is 1. The molecule has 0 radical (unpaired) electrons. The van der Waals surface area contributed by atoms with Crippen LogP contribution in [0.5, 0.6) is 0 Å². The number of amides is 1. The lowest BCUT2D eigenvalue weighted by Gasteiger charge is -2.02. The van der Waals surface area contributed by atoms with Crippen molar-refractivity contribution in [3.63, 3.8) is 0 Å². The lowest BCUT2D eigenvalue weighted by molar-refractivity contribution is -0.402. The number of nitro groups is 1. The first-order valence-corrected chi connectivity index (χ1v) is 7.26. The van der Waals surface area contributed by atoms with Crippen LogP contribution >= 0.6 is 0 Å². The molecule has 0 bridgehead atoms. The fourth-order valence-corrected chi connectivity index (χ4v) is 1.93. The molecule has 0 spiro atoms. The molecule has 1 heterocycles. The van der Waals surface area contributed by atoms with Crippen LogP contribution in [0.25, 0.3) is 0 Å². The highest BCUT2D eigenvalue weighted by Gasteiger charge is 2.10. The summed E-state index contributed by atoms with van der Waals surface area (Å²) in [6, 6.07) is 9.95. The van der Waals surface area contributed by atoms with Gasteiger partial charge >= 0.3 is 5.88 Å². The number of nitrogens with zero attached hydrogens (tertiary/aromatic N) is 2. The number of benzene rings is 1. The third-order valence-corrected chi connectivity index (χ3v) is 3.19. The normalized spacial score (nSPS) is 10.8. The van der Waals surface area contributed by atoms with Crippen LogP contribution in [0.3, 0.4) is 0 Å². The quantitative estimate of drug-likeness (QED) is 0.481. The Labute approximate surface area is 133 Å². The van der Waals surface area contributed by atoms with E-state index in [1.54, 1.807) is 12.1 Å². The van der Waals surface area contributed by atoms with Gasteiger partial charge in [0.2, 0.25) is 0 Å². The van der Waals surface area contributed by atoms with Crippen molar-refractivity contribution < 1.29 is 14.1 Å². The van der Waals surface area contributed by atoms with Crippen molar-refractivity contribution >= 4 is 18.0 Å². The summed E-state index contributed by atoms with van der Waals surface area (Å²) in [6.07, 6.45) is 4.45. The van der Waals surface area contributed by atoms with E-state index in [-0.39, 0.29) is 17.6 Å². The van der Waals surface area contributed by atoms with Gasteiger partial charge in [-0.1, -0.05) is 25.5 Å². The maximum absolute atomic E-state index is 11.9. The summed E-state index contributed by atoms with van der Waals surface area (Å²) in [5, 5.41) is 14.2. The molecule has 1 amide bonds. The second kappa shape index (κ2) is 7.88. The lowest BCUT2D eigenvalue weighted by Crippen LogP contribution is -2.17. The third kappa shape index (κ3) is 4.77. The first kappa shape index (κ1) is 16.4. The maximum Gasteiger partial charge on any atom is 0.433 e. The highest BCUT2D eigenvalue weighted by atomic mass is 16.6. The fraction of sp³-hybridized carbons (Fsp3) is 0.250. The van der Waals surface area contributed by atoms with Gasteiger partial charge < -0.3 is 4.42 Å². The molecule has 1 N–H and O–H groups in total. The Hall–Kier alpha value is -2.96. The number of furan rings is 1. The summed E-state index contributed by atoms with van der Waals surface area (Å²) in [5.74, 6) is -0.545. The Morgan fingerprint density at radius 1 is 1.30 bits per heavy atom. The van der Waals surface area contributed by atoms with Crippen molar-refractivity contribution in [1.82, 2.24) is 5.43 Å². The van der Waals surface area contributed by atoms with E-state index in [2.05, 4.69) is 17.5 Å². The van der Waals surface area contributed by atoms with Crippen LogP contribution < -0.4 is 5.43 Å². The van der Waals surface area contributed by atoms with E-state index in [4.69, 9.17) is 4.42 Å². The van der Waals surface area contributed by atoms with E-state index in [1.165, 1.54) is 23.9 Å². The van der Waals surface area contributed by atoms with Crippen LogP contribution in [-0.4, -0.2) is 17.0 Å².